The minimum atomic E-state index is 0.677. The Kier molecular flexibility index (Phi) is 4.70. The van der Waals surface area contributed by atoms with Gasteiger partial charge in [-0.1, -0.05) is 54.6 Å². The van der Waals surface area contributed by atoms with Gasteiger partial charge in [0.05, 0.1) is 6.73 Å². The van der Waals surface area contributed by atoms with Crippen LogP contribution in [0, 0.1) is 0 Å². The van der Waals surface area contributed by atoms with E-state index in [1.165, 1.54) is 44.1 Å². The van der Waals surface area contributed by atoms with Crippen LogP contribution in [0.4, 0.5) is 0 Å². The van der Waals surface area contributed by atoms with Crippen LogP contribution >= 0.6 is 11.3 Å². The molecule has 27 heavy (non-hydrogen) atoms. The maximum atomic E-state index is 6.01. The second kappa shape index (κ2) is 7.47. The van der Waals surface area contributed by atoms with Gasteiger partial charge in [0.1, 0.15) is 0 Å². The first-order valence-corrected chi connectivity index (χ1v) is 10.4. The van der Waals surface area contributed by atoms with Gasteiger partial charge in [-0.25, -0.2) is 0 Å². The lowest BCUT2D eigenvalue weighted by molar-refractivity contribution is 0.160. The molecule has 0 amide bonds. The zero-order valence-corrected chi connectivity index (χ0v) is 16.0. The quantitative estimate of drug-likeness (QED) is 0.457. The Morgan fingerprint density at radius 3 is 2.48 bits per heavy atom. The van der Waals surface area contributed by atoms with Crippen molar-refractivity contribution in [3.05, 3.63) is 66.7 Å². The molecule has 0 atom stereocenters. The summed E-state index contributed by atoms with van der Waals surface area (Å²) in [5.74, 6) is 0. The SMILES string of the molecule is [B](OCN1CCCC1)c1ccc2sc3ccccc3c2c1-c1ccccc1. The minimum Gasteiger partial charge on any atom is -0.422 e. The number of nitrogens with zero attached hydrogens (tertiary/aromatic N) is 1. The summed E-state index contributed by atoms with van der Waals surface area (Å²) < 4.78 is 8.67. The average Bonchev–Trinajstić information content (AvgIpc) is 3.36. The molecule has 0 N–H and O–H groups in total. The van der Waals surface area contributed by atoms with Gasteiger partial charge in [-0.3, -0.25) is 4.90 Å². The molecule has 2 heterocycles. The maximum Gasteiger partial charge on any atom is 0.332 e. The first-order valence-electron chi connectivity index (χ1n) is 9.57. The summed E-state index contributed by atoms with van der Waals surface area (Å²) in [6.45, 7) is 2.97. The molecule has 1 aromatic heterocycles. The predicted octanol–water partition coefficient (Wildman–Crippen LogP) is 5.04. The normalized spacial score (nSPS) is 15.0. The fraction of sp³-hybridized carbons (Fsp3) is 0.217. The van der Waals surface area contributed by atoms with E-state index in [4.69, 9.17) is 4.65 Å². The first-order chi connectivity index (χ1) is 13.4. The molecule has 0 unspecified atom stereocenters. The molecule has 1 saturated heterocycles. The number of likely N-dealkylation sites (tertiary alicyclic amines) is 1. The largest absolute Gasteiger partial charge is 0.422 e. The number of rotatable bonds is 5. The van der Waals surface area contributed by atoms with Gasteiger partial charge < -0.3 is 4.65 Å². The molecule has 0 aliphatic carbocycles. The highest BCUT2D eigenvalue weighted by atomic mass is 32.1. The third-order valence-electron chi connectivity index (χ3n) is 5.30. The van der Waals surface area contributed by atoms with Crippen molar-refractivity contribution >= 4 is 44.5 Å². The molecule has 1 aliphatic rings. The highest BCUT2D eigenvalue weighted by Crippen LogP contribution is 2.38. The molecule has 0 bridgehead atoms. The summed E-state index contributed by atoms with van der Waals surface area (Å²) in [6, 6.07) is 23.8. The Bertz CT molecular complexity index is 1070. The molecular weight excluding hydrogens is 349 g/mol. The van der Waals surface area contributed by atoms with Crippen molar-refractivity contribution in [3.8, 4) is 11.1 Å². The second-order valence-electron chi connectivity index (χ2n) is 7.11. The van der Waals surface area contributed by atoms with E-state index in [1.54, 1.807) is 0 Å². The molecular formula is C23H21BNOS. The highest BCUT2D eigenvalue weighted by molar-refractivity contribution is 7.26. The van der Waals surface area contributed by atoms with Gasteiger partial charge in [-0.2, -0.15) is 0 Å². The van der Waals surface area contributed by atoms with Gasteiger partial charge in [0.25, 0.3) is 0 Å². The lowest BCUT2D eigenvalue weighted by Gasteiger charge is -2.16. The number of benzene rings is 3. The van der Waals surface area contributed by atoms with E-state index in [9.17, 15) is 0 Å². The molecule has 1 aliphatic heterocycles. The van der Waals surface area contributed by atoms with Crippen molar-refractivity contribution in [1.82, 2.24) is 4.90 Å². The number of thiophene rings is 1. The van der Waals surface area contributed by atoms with Crippen LogP contribution in [0.5, 0.6) is 0 Å². The van der Waals surface area contributed by atoms with Gasteiger partial charge in [-0.15, -0.1) is 11.3 Å². The molecule has 0 spiro atoms. The van der Waals surface area contributed by atoms with Crippen LogP contribution in [-0.2, 0) is 4.65 Å². The van der Waals surface area contributed by atoms with Crippen LogP contribution in [0.3, 0.4) is 0 Å². The van der Waals surface area contributed by atoms with E-state index in [1.807, 2.05) is 18.8 Å². The van der Waals surface area contributed by atoms with Gasteiger partial charge in [0, 0.05) is 33.3 Å². The lowest BCUT2D eigenvalue weighted by atomic mass is 9.79. The fourth-order valence-electron chi connectivity index (χ4n) is 3.99. The standard InChI is InChI=1S/C23H21BNOS/c1-2-8-17(9-3-1)22-19(24-26-16-25-14-6-7-15-25)12-13-21-23(22)18-10-4-5-11-20(18)27-21/h1-5,8-13H,6-7,14-16H2. The summed E-state index contributed by atoms with van der Waals surface area (Å²) in [5, 5.41) is 2.66. The zero-order chi connectivity index (χ0) is 18.1. The molecule has 2 nitrogen and oxygen atoms in total. The summed E-state index contributed by atoms with van der Waals surface area (Å²) >= 11 is 1.86. The summed E-state index contributed by atoms with van der Waals surface area (Å²) in [6.07, 6.45) is 2.57. The number of hydrogen-bond donors (Lipinski definition) is 0. The lowest BCUT2D eigenvalue weighted by Crippen LogP contribution is -2.28. The van der Waals surface area contributed by atoms with E-state index in [2.05, 4.69) is 71.6 Å². The van der Waals surface area contributed by atoms with Crippen LogP contribution in [0.1, 0.15) is 12.8 Å². The minimum absolute atomic E-state index is 0.677. The molecule has 4 aromatic rings. The van der Waals surface area contributed by atoms with Crippen molar-refractivity contribution in [2.75, 3.05) is 19.8 Å². The van der Waals surface area contributed by atoms with Crippen molar-refractivity contribution in [1.29, 1.82) is 0 Å². The zero-order valence-electron chi connectivity index (χ0n) is 15.2. The van der Waals surface area contributed by atoms with Gasteiger partial charge >= 0.3 is 7.48 Å². The van der Waals surface area contributed by atoms with E-state index in [0.29, 0.717) is 6.73 Å². The molecule has 4 heteroatoms. The Labute approximate surface area is 164 Å². The van der Waals surface area contributed by atoms with Crippen molar-refractivity contribution < 1.29 is 4.65 Å². The third-order valence-corrected chi connectivity index (χ3v) is 6.44. The summed E-state index contributed by atoms with van der Waals surface area (Å²) in [5.41, 5.74) is 3.66. The molecule has 1 fully saturated rings. The van der Waals surface area contributed by atoms with Gasteiger partial charge in [0.15, 0.2) is 0 Å². The van der Waals surface area contributed by atoms with Crippen molar-refractivity contribution in [3.63, 3.8) is 0 Å². The Hall–Kier alpha value is -2.14. The molecule has 1 radical (unpaired) electrons. The monoisotopic (exact) mass is 370 g/mol. The van der Waals surface area contributed by atoms with Crippen LogP contribution in [0.25, 0.3) is 31.3 Å². The highest BCUT2D eigenvalue weighted by Gasteiger charge is 2.17. The Morgan fingerprint density at radius 2 is 1.63 bits per heavy atom. The van der Waals surface area contributed by atoms with Crippen LogP contribution in [0.15, 0.2) is 66.7 Å². The van der Waals surface area contributed by atoms with E-state index >= 15 is 0 Å². The van der Waals surface area contributed by atoms with E-state index in [0.717, 1.165) is 18.6 Å². The average molecular weight is 370 g/mol. The Morgan fingerprint density at radius 1 is 0.852 bits per heavy atom. The van der Waals surface area contributed by atoms with Crippen molar-refractivity contribution in [2.45, 2.75) is 12.8 Å². The first kappa shape index (κ1) is 17.0. The summed E-state index contributed by atoms with van der Waals surface area (Å²) in [4.78, 5) is 2.37. The predicted molar refractivity (Wildman–Crippen MR) is 117 cm³/mol. The van der Waals surface area contributed by atoms with Gasteiger partial charge in [0.2, 0.25) is 0 Å². The second-order valence-corrected chi connectivity index (χ2v) is 8.19. The fourth-order valence-corrected chi connectivity index (χ4v) is 5.10. The van der Waals surface area contributed by atoms with Crippen molar-refractivity contribution in [2.24, 2.45) is 0 Å². The molecule has 5 rings (SSSR count). The summed E-state index contributed by atoms with van der Waals surface area (Å²) in [7, 11) is 1.95. The molecule has 0 saturated carbocycles. The van der Waals surface area contributed by atoms with E-state index in [-0.39, 0.29) is 0 Å². The van der Waals surface area contributed by atoms with Crippen LogP contribution < -0.4 is 5.46 Å². The van der Waals surface area contributed by atoms with Crippen LogP contribution in [-0.4, -0.2) is 32.2 Å². The number of hydrogen-bond acceptors (Lipinski definition) is 3. The Balaban J connectivity index is 1.60. The van der Waals surface area contributed by atoms with Crippen LogP contribution in [0.2, 0.25) is 0 Å². The smallest absolute Gasteiger partial charge is 0.332 e. The van der Waals surface area contributed by atoms with E-state index < -0.39 is 0 Å². The maximum absolute atomic E-state index is 6.01. The molecule has 133 valence electrons. The van der Waals surface area contributed by atoms with Gasteiger partial charge in [-0.05, 0) is 41.6 Å². The topological polar surface area (TPSA) is 12.5 Å². The molecule has 3 aromatic carbocycles. The number of fused-ring (bicyclic) bond motifs is 3. The third kappa shape index (κ3) is 3.29.